The van der Waals surface area contributed by atoms with Gasteiger partial charge in [0.2, 0.25) is 0 Å². The maximum atomic E-state index is 11.1. The third-order valence-corrected chi connectivity index (χ3v) is 12.1. The zero-order valence-corrected chi connectivity index (χ0v) is 22.5. The highest BCUT2D eigenvalue weighted by atomic mass is 28.4. The Labute approximate surface area is 210 Å². The van der Waals surface area contributed by atoms with Crippen LogP contribution in [-0.4, -0.2) is 51.7 Å². The van der Waals surface area contributed by atoms with Gasteiger partial charge in [-0.15, -0.1) is 0 Å². The summed E-state index contributed by atoms with van der Waals surface area (Å²) in [5.74, 6) is 0.00668. The van der Waals surface area contributed by atoms with Gasteiger partial charge in [-0.05, 0) is 33.3 Å². The molecular formula is C27H39N3O4Si. The van der Waals surface area contributed by atoms with Crippen molar-refractivity contribution in [3.63, 3.8) is 0 Å². The van der Waals surface area contributed by atoms with E-state index in [9.17, 15) is 5.11 Å². The van der Waals surface area contributed by atoms with Crippen molar-refractivity contribution in [1.82, 2.24) is 0 Å². The molecule has 0 spiro atoms. The van der Waals surface area contributed by atoms with Gasteiger partial charge in [-0.1, -0.05) is 100 Å². The minimum atomic E-state index is -2.74. The smallest absolute Gasteiger partial charge is 0.261 e. The van der Waals surface area contributed by atoms with E-state index in [-0.39, 0.29) is 23.5 Å². The average Bonchev–Trinajstić information content (AvgIpc) is 2.85. The van der Waals surface area contributed by atoms with Gasteiger partial charge in [-0.3, -0.25) is 0 Å². The first-order valence-electron chi connectivity index (χ1n) is 12.4. The molecule has 2 aromatic carbocycles. The van der Waals surface area contributed by atoms with Crippen LogP contribution in [0.25, 0.3) is 10.4 Å². The van der Waals surface area contributed by atoms with Gasteiger partial charge in [0.15, 0.2) is 6.29 Å². The topological polar surface area (TPSA) is 96.7 Å². The number of nitrogens with zero attached hydrogens (tertiary/aromatic N) is 3. The highest BCUT2D eigenvalue weighted by molar-refractivity contribution is 6.99. The lowest BCUT2D eigenvalue weighted by atomic mass is 9.85. The van der Waals surface area contributed by atoms with Crippen molar-refractivity contribution in [1.29, 1.82) is 0 Å². The SMILES string of the molecule is CC1[C@H](OCCCN=[N+]=[N-])OC(CO[Si](c2ccccc2)(c2ccccc2)C(C)(C)C)[C@@H](O)[C@@H]1C. The second kappa shape index (κ2) is 12.2. The van der Waals surface area contributed by atoms with Crippen LogP contribution >= 0.6 is 0 Å². The van der Waals surface area contributed by atoms with Crippen LogP contribution in [0.5, 0.6) is 0 Å². The first-order valence-corrected chi connectivity index (χ1v) is 14.3. The lowest BCUT2D eigenvalue weighted by molar-refractivity contribution is -0.267. The lowest BCUT2D eigenvalue weighted by Crippen LogP contribution is -2.67. The Bertz CT molecular complexity index is 924. The van der Waals surface area contributed by atoms with E-state index in [1.54, 1.807) is 0 Å². The highest BCUT2D eigenvalue weighted by Gasteiger charge is 2.51. The molecular weight excluding hydrogens is 458 g/mol. The minimum Gasteiger partial charge on any atom is -0.405 e. The van der Waals surface area contributed by atoms with Gasteiger partial charge in [0.05, 0.1) is 12.7 Å². The van der Waals surface area contributed by atoms with Crippen LogP contribution in [-0.2, 0) is 13.9 Å². The third-order valence-electron chi connectivity index (χ3n) is 7.12. The Balaban J connectivity index is 1.86. The van der Waals surface area contributed by atoms with Gasteiger partial charge in [0.1, 0.15) is 6.10 Å². The predicted octanol–water partition coefficient (Wildman–Crippen LogP) is 4.64. The maximum absolute atomic E-state index is 11.1. The Hall–Kier alpha value is -2.19. The summed E-state index contributed by atoms with van der Waals surface area (Å²) < 4.78 is 19.3. The molecule has 0 aromatic heterocycles. The number of azide groups is 1. The Morgan fingerprint density at radius 1 is 1.00 bits per heavy atom. The van der Waals surface area contributed by atoms with Crippen molar-refractivity contribution in [2.45, 2.75) is 64.6 Å². The summed E-state index contributed by atoms with van der Waals surface area (Å²) >= 11 is 0. The standard InChI is InChI=1S/C27H39N3O4Si/c1-20-21(2)26(32-18-12-17-29-30-28)34-24(25(20)31)19-33-35(27(3,4)5,22-13-8-6-9-14-22)23-15-10-7-11-16-23/h6-11,13-16,20-21,24-26,31H,12,17-19H2,1-5H3/t20-,21?,24?,25+,26-/m1/s1. The van der Waals surface area contributed by atoms with Crippen LogP contribution in [0.1, 0.15) is 41.0 Å². The molecule has 7 nitrogen and oxygen atoms in total. The number of aliphatic hydroxyl groups is 1. The fourth-order valence-corrected chi connectivity index (χ4v) is 9.52. The summed E-state index contributed by atoms with van der Waals surface area (Å²) in [4.78, 5) is 2.78. The van der Waals surface area contributed by atoms with Crippen LogP contribution in [0.3, 0.4) is 0 Å². The molecule has 3 rings (SSSR count). The van der Waals surface area contributed by atoms with Crippen LogP contribution in [0.4, 0.5) is 0 Å². The predicted molar refractivity (Wildman–Crippen MR) is 141 cm³/mol. The van der Waals surface area contributed by atoms with Crippen LogP contribution in [0.2, 0.25) is 5.04 Å². The first-order chi connectivity index (χ1) is 16.7. The molecule has 0 bridgehead atoms. The van der Waals surface area contributed by atoms with Crippen molar-refractivity contribution in [3.8, 4) is 0 Å². The van der Waals surface area contributed by atoms with Gasteiger partial charge in [-0.2, -0.15) is 0 Å². The number of hydrogen-bond acceptors (Lipinski definition) is 5. The average molecular weight is 498 g/mol. The summed E-state index contributed by atoms with van der Waals surface area (Å²) in [7, 11) is -2.74. The Morgan fingerprint density at radius 2 is 1.57 bits per heavy atom. The van der Waals surface area contributed by atoms with Crippen molar-refractivity contribution < 1.29 is 19.0 Å². The van der Waals surface area contributed by atoms with E-state index in [0.29, 0.717) is 19.6 Å². The zero-order chi connectivity index (χ0) is 25.5. The molecule has 0 aliphatic carbocycles. The summed E-state index contributed by atoms with van der Waals surface area (Å²) in [6.07, 6.45) is -1.000. The number of benzene rings is 2. The third kappa shape index (κ3) is 6.15. The Morgan fingerprint density at radius 3 is 2.09 bits per heavy atom. The van der Waals surface area contributed by atoms with E-state index >= 15 is 0 Å². The van der Waals surface area contributed by atoms with Crippen molar-refractivity contribution in [2.24, 2.45) is 17.0 Å². The van der Waals surface area contributed by atoms with Crippen LogP contribution in [0.15, 0.2) is 65.8 Å². The molecule has 35 heavy (non-hydrogen) atoms. The molecule has 1 N–H and O–H groups in total. The van der Waals surface area contributed by atoms with Gasteiger partial charge in [0.25, 0.3) is 8.32 Å². The summed E-state index contributed by atoms with van der Waals surface area (Å²) in [5, 5.41) is 16.9. The molecule has 0 amide bonds. The van der Waals surface area contributed by atoms with E-state index in [1.807, 2.05) is 26.0 Å². The largest absolute Gasteiger partial charge is 0.405 e. The highest BCUT2D eigenvalue weighted by Crippen LogP contribution is 2.38. The molecule has 190 valence electrons. The van der Waals surface area contributed by atoms with E-state index < -0.39 is 26.8 Å². The fourth-order valence-electron chi connectivity index (χ4n) is 4.95. The van der Waals surface area contributed by atoms with Crippen molar-refractivity contribution in [2.75, 3.05) is 19.8 Å². The summed E-state index contributed by atoms with van der Waals surface area (Å²) in [6.45, 7) is 11.8. The normalized spacial score (nSPS) is 25.1. The molecule has 2 unspecified atom stereocenters. The molecule has 0 radical (unpaired) electrons. The van der Waals surface area contributed by atoms with Gasteiger partial charge < -0.3 is 19.0 Å². The van der Waals surface area contributed by atoms with Gasteiger partial charge >= 0.3 is 0 Å². The van der Waals surface area contributed by atoms with E-state index in [2.05, 4.69) is 79.3 Å². The number of hydrogen-bond donors (Lipinski definition) is 1. The fraction of sp³-hybridized carbons (Fsp3) is 0.556. The number of ether oxygens (including phenoxy) is 2. The van der Waals surface area contributed by atoms with Crippen LogP contribution < -0.4 is 10.4 Å². The van der Waals surface area contributed by atoms with Gasteiger partial charge in [-0.25, -0.2) is 0 Å². The molecule has 2 aromatic rings. The quantitative estimate of drug-likeness (QED) is 0.170. The second-order valence-electron chi connectivity index (χ2n) is 10.4. The first kappa shape index (κ1) is 27.4. The molecule has 1 saturated heterocycles. The molecule has 1 aliphatic rings. The summed E-state index contributed by atoms with van der Waals surface area (Å²) in [5.41, 5.74) is 8.46. The molecule has 1 heterocycles. The molecule has 5 atom stereocenters. The number of rotatable bonds is 10. The summed E-state index contributed by atoms with van der Waals surface area (Å²) in [6, 6.07) is 20.9. The Kier molecular flexibility index (Phi) is 9.52. The minimum absolute atomic E-state index is 0.0152. The van der Waals surface area contributed by atoms with E-state index in [1.165, 1.54) is 10.4 Å². The lowest BCUT2D eigenvalue weighted by Gasteiger charge is -2.46. The van der Waals surface area contributed by atoms with E-state index in [4.69, 9.17) is 19.4 Å². The molecule has 1 fully saturated rings. The number of aliphatic hydroxyl groups excluding tert-OH is 1. The maximum Gasteiger partial charge on any atom is 0.261 e. The van der Waals surface area contributed by atoms with Gasteiger partial charge in [0, 0.05) is 24.0 Å². The van der Waals surface area contributed by atoms with E-state index in [0.717, 1.165) is 0 Å². The van der Waals surface area contributed by atoms with Crippen molar-refractivity contribution in [3.05, 3.63) is 71.1 Å². The molecule has 0 saturated carbocycles. The second-order valence-corrected chi connectivity index (χ2v) is 14.7. The zero-order valence-electron chi connectivity index (χ0n) is 21.5. The molecule has 1 aliphatic heterocycles. The molecule has 8 heteroatoms. The van der Waals surface area contributed by atoms with Crippen LogP contribution in [0, 0.1) is 11.8 Å². The monoisotopic (exact) mass is 497 g/mol. The van der Waals surface area contributed by atoms with Crippen molar-refractivity contribution >= 4 is 18.7 Å².